The number of rotatable bonds is 5. The zero-order valence-corrected chi connectivity index (χ0v) is 15.2. The number of allylic oxidation sites excluding steroid dienone is 1. The quantitative estimate of drug-likeness (QED) is 0.529. The summed E-state index contributed by atoms with van der Waals surface area (Å²) in [4.78, 5) is 0. The molecule has 1 aliphatic carbocycles. The van der Waals surface area contributed by atoms with Gasteiger partial charge in [0.15, 0.2) is 0 Å². The smallest absolute Gasteiger partial charge is 0.129 e. The first-order valence-corrected chi connectivity index (χ1v) is 9.10. The van der Waals surface area contributed by atoms with Gasteiger partial charge in [-0.25, -0.2) is 0 Å². The van der Waals surface area contributed by atoms with Gasteiger partial charge in [-0.05, 0) is 54.0 Å². The minimum Gasteiger partial charge on any atom is -0.381 e. The van der Waals surface area contributed by atoms with Gasteiger partial charge in [0.2, 0.25) is 0 Å². The highest BCUT2D eigenvalue weighted by Crippen LogP contribution is 2.38. The molecule has 0 aromatic heterocycles. The fraction of sp³-hybridized carbons (Fsp3) is 0.182. The maximum absolute atomic E-state index is 6.76. The molecular weight excluding hydrogens is 334 g/mol. The molecule has 0 saturated carbocycles. The van der Waals surface area contributed by atoms with Crippen molar-refractivity contribution in [1.82, 2.24) is 0 Å². The van der Waals surface area contributed by atoms with Gasteiger partial charge in [-0.15, -0.1) is 6.58 Å². The van der Waals surface area contributed by atoms with Crippen LogP contribution < -0.4 is 27.4 Å². The first-order chi connectivity index (χ1) is 13.0. The van der Waals surface area contributed by atoms with Crippen LogP contribution in [0, 0.1) is 0 Å². The summed E-state index contributed by atoms with van der Waals surface area (Å²) in [5, 5.41) is 10.4. The lowest BCUT2D eigenvalue weighted by Gasteiger charge is -2.43. The fourth-order valence-electron chi connectivity index (χ4n) is 3.60. The van der Waals surface area contributed by atoms with Gasteiger partial charge in [0.05, 0.1) is 11.4 Å². The molecule has 5 rings (SSSR count). The third kappa shape index (κ3) is 3.35. The van der Waals surface area contributed by atoms with Crippen LogP contribution >= 0.6 is 0 Å². The van der Waals surface area contributed by atoms with Crippen molar-refractivity contribution >= 4 is 17.1 Å². The third-order valence-corrected chi connectivity index (χ3v) is 5.02. The zero-order valence-electron chi connectivity index (χ0n) is 15.2. The molecule has 5 heteroatoms. The lowest BCUT2D eigenvalue weighted by molar-refractivity contribution is 0.615. The van der Waals surface area contributed by atoms with Crippen LogP contribution in [0.5, 0.6) is 0 Å². The van der Waals surface area contributed by atoms with E-state index in [9.17, 15) is 0 Å². The topological polar surface area (TPSA) is 88.1 Å². The number of para-hydroxylation sites is 2. The van der Waals surface area contributed by atoms with Crippen LogP contribution in [0.4, 0.5) is 17.1 Å². The van der Waals surface area contributed by atoms with E-state index in [0.29, 0.717) is 6.54 Å². The van der Waals surface area contributed by atoms with Crippen molar-refractivity contribution < 1.29 is 0 Å². The van der Waals surface area contributed by atoms with Crippen molar-refractivity contribution in [2.75, 3.05) is 22.5 Å². The van der Waals surface area contributed by atoms with Crippen molar-refractivity contribution in [3.63, 3.8) is 0 Å². The second-order valence-electron chi connectivity index (χ2n) is 7.11. The van der Waals surface area contributed by atoms with E-state index in [-0.39, 0.29) is 0 Å². The monoisotopic (exact) mass is 359 g/mol. The highest BCUT2D eigenvalue weighted by molar-refractivity contribution is 5.78. The van der Waals surface area contributed by atoms with Crippen LogP contribution in [-0.2, 0) is 6.42 Å². The normalized spacial score (nSPS) is 25.3. The van der Waals surface area contributed by atoms with Crippen molar-refractivity contribution in [3.05, 3.63) is 90.6 Å². The van der Waals surface area contributed by atoms with Gasteiger partial charge in [-0.2, -0.15) is 0 Å². The first kappa shape index (κ1) is 17.4. The van der Waals surface area contributed by atoms with E-state index in [1.807, 2.05) is 66.8 Å². The molecule has 2 atom stereocenters. The zero-order chi connectivity index (χ0) is 18.9. The first-order valence-electron chi connectivity index (χ1n) is 9.10. The van der Waals surface area contributed by atoms with Gasteiger partial charge < -0.3 is 27.4 Å². The van der Waals surface area contributed by atoms with Gasteiger partial charge in [0, 0.05) is 12.2 Å². The van der Waals surface area contributed by atoms with Crippen LogP contribution in [0.15, 0.2) is 85.0 Å². The maximum Gasteiger partial charge on any atom is 0.129 e. The fourth-order valence-corrected chi connectivity index (χ4v) is 3.60. The molecule has 5 nitrogen and oxygen atoms in total. The van der Waals surface area contributed by atoms with Gasteiger partial charge in [-0.1, -0.05) is 36.4 Å². The molecule has 138 valence electrons. The molecule has 0 saturated heterocycles. The predicted molar refractivity (Wildman–Crippen MR) is 114 cm³/mol. The molecule has 0 spiro atoms. The van der Waals surface area contributed by atoms with Crippen molar-refractivity contribution in [2.45, 2.75) is 17.7 Å². The number of nitrogens with one attached hydrogen (secondary N) is 3. The molecule has 0 fully saturated rings. The second-order valence-corrected chi connectivity index (χ2v) is 7.11. The van der Waals surface area contributed by atoms with E-state index in [0.717, 1.165) is 34.6 Å². The van der Waals surface area contributed by atoms with E-state index >= 15 is 0 Å². The van der Waals surface area contributed by atoms with Crippen LogP contribution in [0.3, 0.4) is 0 Å². The summed E-state index contributed by atoms with van der Waals surface area (Å²) in [6, 6.07) is 16.2. The largest absolute Gasteiger partial charge is 0.381 e. The standard InChI is InChI=1S/C22H25N5/c1-2-7-16-8-6-11-19-20(16)27-21(23)12-13-22(24,26-19)17(14-21)15-25-18-9-4-3-5-10-18/h2-6,8-14,25-27H,1,7,15,23-24H2. The van der Waals surface area contributed by atoms with E-state index < -0.39 is 11.3 Å². The molecule has 0 amide bonds. The summed E-state index contributed by atoms with van der Waals surface area (Å²) >= 11 is 0. The van der Waals surface area contributed by atoms with E-state index in [1.54, 1.807) is 0 Å². The minimum absolute atomic E-state index is 0.583. The molecule has 2 unspecified atom stereocenters. The van der Waals surface area contributed by atoms with Crippen LogP contribution in [-0.4, -0.2) is 17.9 Å². The van der Waals surface area contributed by atoms with E-state index in [2.05, 4.69) is 28.6 Å². The lowest BCUT2D eigenvalue weighted by atomic mass is 9.86. The SMILES string of the molecule is C=CCc1cccc2c1NC1(N)C=CC(N)(N2)C(CNc2ccccc2)=C1. The number of nitrogens with two attached hydrogens (primary N) is 2. The Balaban J connectivity index is 1.68. The summed E-state index contributed by atoms with van der Waals surface area (Å²) in [6.45, 7) is 4.44. The Morgan fingerprint density at radius 3 is 2.59 bits per heavy atom. The molecule has 2 heterocycles. The Kier molecular flexibility index (Phi) is 4.26. The summed E-state index contributed by atoms with van der Waals surface area (Å²) in [6.07, 6.45) is 8.49. The average molecular weight is 359 g/mol. The molecule has 7 N–H and O–H groups in total. The second kappa shape index (κ2) is 6.61. The van der Waals surface area contributed by atoms with E-state index in [4.69, 9.17) is 11.5 Å². The van der Waals surface area contributed by atoms with Gasteiger partial charge in [-0.3, -0.25) is 0 Å². The highest BCUT2D eigenvalue weighted by atomic mass is 15.2. The Labute approximate surface area is 159 Å². The summed E-state index contributed by atoms with van der Waals surface area (Å²) in [7, 11) is 0. The Bertz CT molecular complexity index is 918. The van der Waals surface area contributed by atoms with Crippen LogP contribution in [0.1, 0.15) is 5.56 Å². The highest BCUT2D eigenvalue weighted by Gasteiger charge is 2.38. The minimum atomic E-state index is -0.811. The van der Waals surface area contributed by atoms with Crippen molar-refractivity contribution in [3.8, 4) is 0 Å². The van der Waals surface area contributed by atoms with Gasteiger partial charge in [0.25, 0.3) is 0 Å². The molecule has 2 bridgehead atoms. The Morgan fingerprint density at radius 2 is 1.81 bits per heavy atom. The third-order valence-electron chi connectivity index (χ3n) is 5.02. The Hall–Kier alpha value is -3.02. The molecule has 3 aliphatic rings. The summed E-state index contributed by atoms with van der Waals surface area (Å²) < 4.78 is 0. The molecule has 2 aromatic carbocycles. The summed E-state index contributed by atoms with van der Waals surface area (Å²) in [5.74, 6) is 0. The van der Waals surface area contributed by atoms with Crippen LogP contribution in [0.25, 0.3) is 0 Å². The maximum atomic E-state index is 6.76. The molecule has 0 radical (unpaired) electrons. The number of benzene rings is 2. The number of hydrogen-bond donors (Lipinski definition) is 5. The lowest BCUT2D eigenvalue weighted by Crippen LogP contribution is -2.58. The number of anilines is 3. The Morgan fingerprint density at radius 1 is 1.00 bits per heavy atom. The summed E-state index contributed by atoms with van der Waals surface area (Å²) in [5.41, 5.74) is 16.8. The predicted octanol–water partition coefficient (Wildman–Crippen LogP) is 3.17. The van der Waals surface area contributed by atoms with Crippen molar-refractivity contribution in [1.29, 1.82) is 0 Å². The van der Waals surface area contributed by atoms with Gasteiger partial charge in [0.1, 0.15) is 11.3 Å². The number of hydrogen-bond acceptors (Lipinski definition) is 5. The van der Waals surface area contributed by atoms with Crippen LogP contribution in [0.2, 0.25) is 0 Å². The molecule has 27 heavy (non-hydrogen) atoms. The average Bonchev–Trinajstić information content (AvgIpc) is 2.65. The van der Waals surface area contributed by atoms with Crippen molar-refractivity contribution in [2.24, 2.45) is 11.5 Å². The molecule has 2 aromatic rings. The molecule has 2 aliphatic heterocycles. The molecular formula is C22H25N5. The van der Waals surface area contributed by atoms with E-state index in [1.165, 1.54) is 0 Å². The van der Waals surface area contributed by atoms with Gasteiger partial charge >= 0.3 is 0 Å².